The summed E-state index contributed by atoms with van der Waals surface area (Å²) in [6.07, 6.45) is -8.70. The Hall–Kier alpha value is -4.64. The number of rotatable bonds is 6. The Morgan fingerprint density at radius 2 is 1.64 bits per heavy atom. The molecule has 3 rings (SSSR count). The number of amides is 1. The third kappa shape index (κ3) is 11.8. The van der Waals surface area contributed by atoms with Crippen LogP contribution in [0.4, 0.5) is 32.0 Å². The smallest absolute Gasteiger partial charge is 0.475 e. The van der Waals surface area contributed by atoms with Crippen LogP contribution in [0, 0.1) is 21.4 Å². The SMILES string of the molecule is N#C[C@@H]1CSCN1C(=O)[C@@H](N)Cc1ccc(Oc2ccc([N+](=O)[O-])cn2)cc1.O=C(O)C(F)(F)F.O=C(O)C(F)(F)F. The molecule has 0 saturated carbocycles. The predicted octanol–water partition coefficient (Wildman–Crippen LogP) is 3.34. The highest BCUT2D eigenvalue weighted by Crippen LogP contribution is 2.24. The van der Waals surface area contributed by atoms with Crippen LogP contribution < -0.4 is 10.5 Å². The third-order valence-electron chi connectivity index (χ3n) is 4.65. The van der Waals surface area contributed by atoms with Crippen LogP contribution in [0.2, 0.25) is 0 Å². The van der Waals surface area contributed by atoms with Crippen molar-refractivity contribution < 1.29 is 60.6 Å². The molecule has 0 aliphatic carbocycles. The van der Waals surface area contributed by atoms with Gasteiger partial charge in [0.2, 0.25) is 11.8 Å². The zero-order valence-corrected chi connectivity index (χ0v) is 21.5. The molecule has 1 fully saturated rings. The van der Waals surface area contributed by atoms with E-state index in [4.69, 9.17) is 35.5 Å². The Morgan fingerprint density at radius 1 is 1.12 bits per heavy atom. The van der Waals surface area contributed by atoms with E-state index in [1.165, 1.54) is 28.8 Å². The molecule has 0 bridgehead atoms. The molecule has 2 aromatic rings. The first-order valence-electron chi connectivity index (χ1n) is 10.9. The Balaban J connectivity index is 0.000000522. The molecule has 1 aliphatic rings. The lowest BCUT2D eigenvalue weighted by Gasteiger charge is -2.22. The maximum Gasteiger partial charge on any atom is 0.490 e. The van der Waals surface area contributed by atoms with Crippen LogP contribution in [0.3, 0.4) is 0 Å². The van der Waals surface area contributed by atoms with Gasteiger partial charge in [-0.05, 0) is 24.1 Å². The van der Waals surface area contributed by atoms with Crippen molar-refractivity contribution in [2.75, 3.05) is 11.6 Å². The quantitative estimate of drug-likeness (QED) is 0.239. The fourth-order valence-corrected chi connectivity index (χ4v) is 3.76. The van der Waals surface area contributed by atoms with Crippen molar-refractivity contribution in [2.45, 2.75) is 30.9 Å². The summed E-state index contributed by atoms with van der Waals surface area (Å²) in [6, 6.07) is 10.7. The van der Waals surface area contributed by atoms with Gasteiger partial charge in [-0.2, -0.15) is 31.6 Å². The van der Waals surface area contributed by atoms with Crippen LogP contribution >= 0.6 is 11.8 Å². The number of nitriles is 1. The van der Waals surface area contributed by atoms with Gasteiger partial charge in [0.25, 0.3) is 5.69 Å². The molecule has 20 heteroatoms. The fraction of sp³-hybridized carbons (Fsp3) is 0.318. The van der Waals surface area contributed by atoms with Crippen molar-refractivity contribution in [1.82, 2.24) is 9.88 Å². The van der Waals surface area contributed by atoms with E-state index in [2.05, 4.69) is 11.1 Å². The van der Waals surface area contributed by atoms with E-state index in [9.17, 15) is 41.3 Å². The number of carbonyl (C=O) groups excluding carboxylic acids is 1. The minimum absolute atomic E-state index is 0.114. The lowest BCUT2D eigenvalue weighted by atomic mass is 10.1. The molecule has 1 saturated heterocycles. The Bertz CT molecular complexity index is 1260. The summed E-state index contributed by atoms with van der Waals surface area (Å²) in [5.41, 5.74) is 6.78. The van der Waals surface area contributed by atoms with Gasteiger partial charge < -0.3 is 25.6 Å². The highest BCUT2D eigenvalue weighted by molar-refractivity contribution is 7.99. The summed E-state index contributed by atoms with van der Waals surface area (Å²) < 4.78 is 69.0. The Labute approximate surface area is 235 Å². The number of aromatic nitrogens is 1. The molecule has 2 atom stereocenters. The van der Waals surface area contributed by atoms with Crippen LogP contribution in [-0.4, -0.2) is 78.9 Å². The number of alkyl halides is 6. The van der Waals surface area contributed by atoms with Crippen molar-refractivity contribution in [3.05, 3.63) is 58.3 Å². The molecule has 1 amide bonds. The van der Waals surface area contributed by atoms with Crippen molar-refractivity contribution in [1.29, 1.82) is 5.26 Å². The molecule has 1 aromatic carbocycles. The van der Waals surface area contributed by atoms with Crippen molar-refractivity contribution in [3.8, 4) is 17.7 Å². The molecule has 228 valence electrons. The summed E-state index contributed by atoms with van der Waals surface area (Å²) in [6.45, 7) is 0. The van der Waals surface area contributed by atoms with E-state index in [0.29, 0.717) is 23.8 Å². The zero-order chi connectivity index (χ0) is 32.3. The standard InChI is InChI=1S/C18H17N5O4S.2C2HF3O2/c19-8-14-10-28-11-22(14)18(24)16(20)7-12-1-4-15(5-2-12)27-17-6-3-13(9-21-17)23(25)26;2*3-2(4,5)1(6)7/h1-6,9,14,16H,7,10-11,20H2;2*(H,6,7)/t14-,16+;;/m1../s1. The first-order chi connectivity index (χ1) is 19.4. The lowest BCUT2D eigenvalue weighted by molar-refractivity contribution is -0.385. The zero-order valence-electron chi connectivity index (χ0n) is 20.7. The second kappa shape index (κ2) is 15.4. The average molecular weight is 627 g/mol. The molecule has 0 radical (unpaired) electrons. The number of aliphatic carboxylic acids is 2. The van der Waals surface area contributed by atoms with E-state index in [-0.39, 0.29) is 17.5 Å². The lowest BCUT2D eigenvalue weighted by Crippen LogP contribution is -2.47. The summed E-state index contributed by atoms with van der Waals surface area (Å²) >= 11 is 1.54. The summed E-state index contributed by atoms with van der Waals surface area (Å²) in [5.74, 6) is -3.91. The molecule has 42 heavy (non-hydrogen) atoms. The van der Waals surface area contributed by atoms with Crippen LogP contribution in [0.15, 0.2) is 42.6 Å². The van der Waals surface area contributed by atoms with Crippen LogP contribution in [0.5, 0.6) is 11.6 Å². The second-order valence-corrected chi connectivity index (χ2v) is 8.73. The maximum absolute atomic E-state index is 12.5. The van der Waals surface area contributed by atoms with Gasteiger partial charge in [0.15, 0.2) is 0 Å². The van der Waals surface area contributed by atoms with E-state index < -0.39 is 41.3 Å². The van der Waals surface area contributed by atoms with E-state index in [1.54, 1.807) is 24.3 Å². The van der Waals surface area contributed by atoms with Crippen LogP contribution in [-0.2, 0) is 20.8 Å². The monoisotopic (exact) mass is 627 g/mol. The number of nitrogens with zero attached hydrogens (tertiary/aromatic N) is 4. The molecular weight excluding hydrogens is 608 g/mol. The Kier molecular flexibility index (Phi) is 13.0. The third-order valence-corrected chi connectivity index (χ3v) is 5.66. The van der Waals surface area contributed by atoms with E-state index in [1.807, 2.05) is 0 Å². The van der Waals surface area contributed by atoms with Crippen molar-refractivity contribution in [3.63, 3.8) is 0 Å². The molecule has 13 nitrogen and oxygen atoms in total. The molecule has 1 aliphatic heterocycles. The number of halogens is 6. The second-order valence-electron chi connectivity index (χ2n) is 7.73. The number of benzene rings is 1. The number of thioether (sulfide) groups is 1. The Morgan fingerprint density at radius 3 is 2.05 bits per heavy atom. The highest BCUT2D eigenvalue weighted by Gasteiger charge is 2.39. The van der Waals surface area contributed by atoms with E-state index in [0.717, 1.165) is 11.8 Å². The largest absolute Gasteiger partial charge is 0.490 e. The van der Waals surface area contributed by atoms with Crippen LogP contribution in [0.25, 0.3) is 0 Å². The number of pyridine rings is 1. The number of nitrogens with two attached hydrogens (primary N) is 1. The molecule has 1 aromatic heterocycles. The van der Waals surface area contributed by atoms with E-state index >= 15 is 0 Å². The summed E-state index contributed by atoms with van der Waals surface area (Å²) in [5, 5.41) is 34.0. The van der Waals surface area contributed by atoms with Gasteiger partial charge in [0.05, 0.1) is 22.9 Å². The number of nitro groups is 1. The molecule has 0 unspecified atom stereocenters. The fourth-order valence-electron chi connectivity index (χ4n) is 2.68. The highest BCUT2D eigenvalue weighted by atomic mass is 32.2. The van der Waals surface area contributed by atoms with Crippen molar-refractivity contribution in [2.24, 2.45) is 5.73 Å². The van der Waals surface area contributed by atoms with Gasteiger partial charge >= 0.3 is 24.3 Å². The predicted molar refractivity (Wildman–Crippen MR) is 130 cm³/mol. The van der Waals surface area contributed by atoms with Gasteiger partial charge in [-0.15, -0.1) is 11.8 Å². The maximum atomic E-state index is 12.5. The van der Waals surface area contributed by atoms with Gasteiger partial charge in [-0.25, -0.2) is 14.6 Å². The summed E-state index contributed by atoms with van der Waals surface area (Å²) in [7, 11) is 0. The molecular formula is C22H19F6N5O8S. The summed E-state index contributed by atoms with van der Waals surface area (Å²) in [4.78, 5) is 45.8. The first-order valence-corrected chi connectivity index (χ1v) is 12.0. The first kappa shape index (κ1) is 35.4. The van der Waals surface area contributed by atoms with Gasteiger partial charge in [-0.3, -0.25) is 14.9 Å². The van der Waals surface area contributed by atoms with Gasteiger partial charge in [-0.1, -0.05) is 12.1 Å². The number of ether oxygens (including phenoxy) is 1. The van der Waals surface area contributed by atoms with Crippen molar-refractivity contribution >= 4 is 35.3 Å². The minimum atomic E-state index is -5.08. The van der Waals surface area contributed by atoms with Gasteiger partial charge in [0.1, 0.15) is 18.0 Å². The number of hydrogen-bond donors (Lipinski definition) is 3. The number of carboxylic acid groups (broad SMARTS) is 2. The molecule has 4 N–H and O–H groups in total. The number of hydrogen-bond acceptors (Lipinski definition) is 10. The normalized spacial score (nSPS) is 15.1. The molecule has 2 heterocycles. The van der Waals surface area contributed by atoms with Gasteiger partial charge in [0, 0.05) is 17.9 Å². The van der Waals surface area contributed by atoms with Crippen LogP contribution in [0.1, 0.15) is 5.56 Å². The number of carboxylic acids is 2. The average Bonchev–Trinajstić information content (AvgIpc) is 3.38. The topological polar surface area (TPSA) is 210 Å². The molecule has 0 spiro atoms. The minimum Gasteiger partial charge on any atom is -0.475 e. The number of carbonyl (C=O) groups is 3.